The second kappa shape index (κ2) is 10.1. The summed E-state index contributed by atoms with van der Waals surface area (Å²) in [6.45, 7) is 2.93. The van der Waals surface area contributed by atoms with Crippen molar-refractivity contribution < 1.29 is 9.84 Å². The van der Waals surface area contributed by atoms with Crippen LogP contribution in [0.2, 0.25) is 5.02 Å². The number of aryl methyl sites for hydroxylation is 1. The molecule has 1 fully saturated rings. The summed E-state index contributed by atoms with van der Waals surface area (Å²) in [5.74, 6) is 0.516. The van der Waals surface area contributed by atoms with Gasteiger partial charge in [0.15, 0.2) is 0 Å². The molecule has 34 heavy (non-hydrogen) atoms. The van der Waals surface area contributed by atoms with Gasteiger partial charge in [0.1, 0.15) is 12.4 Å². The highest BCUT2D eigenvalue weighted by Gasteiger charge is 2.19. The third kappa shape index (κ3) is 5.41. The van der Waals surface area contributed by atoms with Gasteiger partial charge in [0.05, 0.1) is 16.8 Å². The molecule has 2 aliphatic rings. The average molecular weight is 478 g/mol. The molecule has 1 aromatic carbocycles. The fourth-order valence-electron chi connectivity index (χ4n) is 4.69. The maximum Gasteiger partial charge on any atom is 0.258 e. The van der Waals surface area contributed by atoms with Crippen LogP contribution in [-0.2, 0) is 19.6 Å². The van der Waals surface area contributed by atoms with Gasteiger partial charge in [-0.05, 0) is 73.2 Å². The maximum atomic E-state index is 12.8. The molecule has 1 saturated heterocycles. The summed E-state index contributed by atoms with van der Waals surface area (Å²) in [5.41, 5.74) is 5.36. The van der Waals surface area contributed by atoms with Gasteiger partial charge in [-0.3, -0.25) is 19.2 Å². The smallest absolute Gasteiger partial charge is 0.258 e. The van der Waals surface area contributed by atoms with Gasteiger partial charge in [-0.1, -0.05) is 29.8 Å². The normalized spacial score (nSPS) is 18.3. The van der Waals surface area contributed by atoms with Crippen LogP contribution in [0.4, 0.5) is 0 Å². The molecule has 2 aromatic heterocycles. The number of aliphatic hydroxyl groups is 1. The molecule has 1 N–H and O–H groups in total. The Hall–Kier alpha value is -2.93. The highest BCUT2D eigenvalue weighted by molar-refractivity contribution is 6.30. The van der Waals surface area contributed by atoms with E-state index in [4.69, 9.17) is 16.3 Å². The maximum absolute atomic E-state index is 12.8. The molecular formula is C27H28ClN3O3. The zero-order valence-corrected chi connectivity index (χ0v) is 19.7. The number of rotatable bonds is 6. The minimum atomic E-state index is -0.207. The summed E-state index contributed by atoms with van der Waals surface area (Å²) < 4.78 is 7.43. The quantitative estimate of drug-likeness (QED) is 0.570. The average Bonchev–Trinajstić information content (AvgIpc) is 2.83. The van der Waals surface area contributed by atoms with Crippen LogP contribution < -0.4 is 10.3 Å². The number of β-amino-alcohol motifs (C(OH)–C–C–N with tert-alkyl or cyclic N) is 1. The highest BCUT2D eigenvalue weighted by Crippen LogP contribution is 2.28. The van der Waals surface area contributed by atoms with Crippen molar-refractivity contribution >= 4 is 23.4 Å². The lowest BCUT2D eigenvalue weighted by Crippen LogP contribution is -2.37. The third-order valence-corrected chi connectivity index (χ3v) is 6.67. The van der Waals surface area contributed by atoms with E-state index >= 15 is 0 Å². The number of pyridine rings is 2. The predicted octanol–water partition coefficient (Wildman–Crippen LogP) is 4.38. The number of allylic oxidation sites excluding steroid dienone is 1. The number of nitrogens with zero attached hydrogens (tertiary/aromatic N) is 3. The first kappa shape index (κ1) is 22.8. The summed E-state index contributed by atoms with van der Waals surface area (Å²) in [7, 11) is 0. The number of piperidine rings is 1. The minimum Gasteiger partial charge on any atom is -0.487 e. The molecule has 0 radical (unpaired) electrons. The number of hydrogen-bond acceptors (Lipinski definition) is 5. The topological polar surface area (TPSA) is 67.6 Å². The molecule has 176 valence electrons. The molecule has 0 bridgehead atoms. The number of halogens is 1. The summed E-state index contributed by atoms with van der Waals surface area (Å²) >= 11 is 5.86. The van der Waals surface area contributed by atoms with Crippen LogP contribution in [0.25, 0.3) is 11.8 Å². The number of ether oxygens (including phenoxy) is 1. The molecule has 0 saturated carbocycles. The van der Waals surface area contributed by atoms with Gasteiger partial charge in [0.2, 0.25) is 0 Å². The van der Waals surface area contributed by atoms with E-state index in [1.807, 2.05) is 6.07 Å². The number of hydrogen-bond donors (Lipinski definition) is 1. The first-order chi connectivity index (χ1) is 16.5. The Morgan fingerprint density at radius 3 is 2.85 bits per heavy atom. The largest absolute Gasteiger partial charge is 0.487 e. The van der Waals surface area contributed by atoms with Crippen molar-refractivity contribution in [3.8, 4) is 5.75 Å². The molecule has 0 amide bonds. The van der Waals surface area contributed by atoms with E-state index in [0.717, 1.165) is 62.3 Å². The molecular weight excluding hydrogens is 450 g/mol. The molecule has 1 aliphatic heterocycles. The monoisotopic (exact) mass is 477 g/mol. The van der Waals surface area contributed by atoms with Crippen molar-refractivity contribution in [2.75, 3.05) is 13.1 Å². The Kier molecular flexibility index (Phi) is 6.81. The van der Waals surface area contributed by atoms with E-state index in [1.165, 1.54) is 17.2 Å². The first-order valence-electron chi connectivity index (χ1n) is 11.7. The van der Waals surface area contributed by atoms with Crippen molar-refractivity contribution in [3.05, 3.63) is 92.6 Å². The van der Waals surface area contributed by atoms with Gasteiger partial charge in [-0.25, -0.2) is 0 Å². The lowest BCUT2D eigenvalue weighted by molar-refractivity contribution is 0.0668. The van der Waals surface area contributed by atoms with Crippen LogP contribution in [0.3, 0.4) is 0 Å². The standard InChI is InChI=1S/C27H28ClN3O3/c28-22-6-7-23(29-15-22)18-34-26-9-11-31(27(33)14-26)24-8-5-20-12-19(3-4-21(20)13-24)16-30-10-1-2-25(32)17-30/h3-4,6-7,9,11-15,25,32H,1-2,5,8,10,16-18H2/t25-/m1/s1. The van der Waals surface area contributed by atoms with Crippen molar-refractivity contribution in [3.63, 3.8) is 0 Å². The van der Waals surface area contributed by atoms with Gasteiger partial charge < -0.3 is 9.84 Å². The Balaban J connectivity index is 1.27. The van der Waals surface area contributed by atoms with Crippen LogP contribution in [-0.4, -0.2) is 38.8 Å². The van der Waals surface area contributed by atoms with Crippen LogP contribution in [0.15, 0.2) is 59.7 Å². The van der Waals surface area contributed by atoms with E-state index in [0.29, 0.717) is 10.8 Å². The van der Waals surface area contributed by atoms with Crippen LogP contribution in [0, 0.1) is 0 Å². The summed E-state index contributed by atoms with van der Waals surface area (Å²) in [5, 5.41) is 10.5. The van der Waals surface area contributed by atoms with E-state index in [-0.39, 0.29) is 18.3 Å². The van der Waals surface area contributed by atoms with Crippen molar-refractivity contribution in [1.29, 1.82) is 0 Å². The second-order valence-corrected chi connectivity index (χ2v) is 9.46. The van der Waals surface area contributed by atoms with Crippen molar-refractivity contribution in [2.24, 2.45) is 0 Å². The number of fused-ring (bicyclic) bond motifs is 1. The second-order valence-electron chi connectivity index (χ2n) is 9.03. The number of aromatic nitrogens is 2. The van der Waals surface area contributed by atoms with E-state index in [1.54, 1.807) is 29.1 Å². The molecule has 1 aliphatic carbocycles. The Bertz CT molecular complexity index is 1250. The zero-order chi connectivity index (χ0) is 23.5. The fourth-order valence-corrected chi connectivity index (χ4v) is 4.80. The van der Waals surface area contributed by atoms with Crippen molar-refractivity contribution in [1.82, 2.24) is 14.5 Å². The molecule has 0 spiro atoms. The lowest BCUT2D eigenvalue weighted by atomic mass is 9.93. The van der Waals surface area contributed by atoms with Crippen molar-refractivity contribution in [2.45, 2.75) is 44.9 Å². The van der Waals surface area contributed by atoms with Crippen LogP contribution >= 0.6 is 11.6 Å². The molecule has 0 unspecified atom stereocenters. The minimum absolute atomic E-state index is 0.114. The van der Waals surface area contributed by atoms with Gasteiger partial charge >= 0.3 is 0 Å². The predicted molar refractivity (Wildman–Crippen MR) is 134 cm³/mol. The zero-order valence-electron chi connectivity index (χ0n) is 19.0. The molecule has 3 aromatic rings. The molecule has 3 heterocycles. The summed E-state index contributed by atoms with van der Waals surface area (Å²) in [4.78, 5) is 19.3. The lowest BCUT2D eigenvalue weighted by Gasteiger charge is -2.30. The van der Waals surface area contributed by atoms with Gasteiger partial charge in [-0.15, -0.1) is 0 Å². The fraction of sp³-hybridized carbons (Fsp3) is 0.333. The van der Waals surface area contributed by atoms with E-state index in [2.05, 4.69) is 34.2 Å². The first-order valence-corrected chi connectivity index (χ1v) is 12.1. The van der Waals surface area contributed by atoms with Gasteiger partial charge in [0.25, 0.3) is 5.56 Å². The number of benzene rings is 1. The highest BCUT2D eigenvalue weighted by atomic mass is 35.5. The molecule has 7 heteroatoms. The molecule has 1 atom stereocenters. The molecule has 6 nitrogen and oxygen atoms in total. The molecule has 5 rings (SSSR count). The van der Waals surface area contributed by atoms with Crippen LogP contribution in [0.1, 0.15) is 41.6 Å². The number of likely N-dealkylation sites (tertiary alicyclic amines) is 1. The SMILES string of the molecule is O=c1cc(OCc2ccc(Cl)cn2)ccn1C1=Cc2ccc(CN3CCC[C@@H](O)C3)cc2CC1. The van der Waals surface area contributed by atoms with Gasteiger partial charge in [-0.2, -0.15) is 0 Å². The summed E-state index contributed by atoms with van der Waals surface area (Å²) in [6.07, 6.45) is 8.90. The number of aliphatic hydroxyl groups excluding tert-OH is 1. The Labute approximate surface area is 204 Å². The Morgan fingerprint density at radius 1 is 1.15 bits per heavy atom. The third-order valence-electron chi connectivity index (χ3n) is 6.44. The van der Waals surface area contributed by atoms with E-state index < -0.39 is 0 Å². The van der Waals surface area contributed by atoms with E-state index in [9.17, 15) is 9.90 Å². The van der Waals surface area contributed by atoms with Crippen LogP contribution in [0.5, 0.6) is 5.75 Å². The van der Waals surface area contributed by atoms with Gasteiger partial charge in [0, 0.05) is 37.2 Å². The summed E-state index contributed by atoms with van der Waals surface area (Å²) in [6, 6.07) is 13.5. The Morgan fingerprint density at radius 2 is 2.06 bits per heavy atom.